The second-order valence-corrected chi connectivity index (χ2v) is 5.10. The minimum Gasteiger partial charge on any atom is -0.342 e. The lowest BCUT2D eigenvalue weighted by molar-refractivity contribution is -0.134. The molecule has 2 fully saturated rings. The molecule has 1 heterocycles. The Kier molecular flexibility index (Phi) is 1.90. The lowest BCUT2D eigenvalue weighted by atomic mass is 9.72. The molecular formula is C11H19NO. The first kappa shape index (κ1) is 9.04. The van der Waals surface area contributed by atoms with Crippen LogP contribution in [0.4, 0.5) is 0 Å². The van der Waals surface area contributed by atoms with Crippen molar-refractivity contribution in [3.63, 3.8) is 0 Å². The topological polar surface area (TPSA) is 20.3 Å². The molecule has 1 amide bonds. The predicted molar refractivity (Wildman–Crippen MR) is 52.3 cm³/mol. The van der Waals surface area contributed by atoms with Gasteiger partial charge in [0.25, 0.3) is 0 Å². The highest BCUT2D eigenvalue weighted by atomic mass is 16.2. The molecule has 1 saturated carbocycles. The second kappa shape index (κ2) is 2.73. The number of likely N-dealkylation sites (tertiary alicyclic amines) is 1. The van der Waals surface area contributed by atoms with E-state index in [1.54, 1.807) is 0 Å². The van der Waals surface area contributed by atoms with Gasteiger partial charge in [0, 0.05) is 18.5 Å². The Morgan fingerprint density at radius 2 is 1.92 bits per heavy atom. The van der Waals surface area contributed by atoms with Gasteiger partial charge in [-0.3, -0.25) is 4.79 Å². The zero-order valence-electron chi connectivity index (χ0n) is 8.84. The van der Waals surface area contributed by atoms with E-state index in [0.717, 1.165) is 0 Å². The second-order valence-electron chi connectivity index (χ2n) is 5.10. The van der Waals surface area contributed by atoms with E-state index in [-0.39, 0.29) is 5.41 Å². The zero-order valence-corrected chi connectivity index (χ0v) is 8.84. The van der Waals surface area contributed by atoms with E-state index in [1.165, 1.54) is 25.7 Å². The normalized spacial score (nSPS) is 37.8. The van der Waals surface area contributed by atoms with Crippen LogP contribution in [0.25, 0.3) is 0 Å². The van der Waals surface area contributed by atoms with Gasteiger partial charge in [0.15, 0.2) is 0 Å². The summed E-state index contributed by atoms with van der Waals surface area (Å²) in [5.41, 5.74) is -0.0974. The lowest BCUT2D eigenvalue weighted by Crippen LogP contribution is -2.33. The van der Waals surface area contributed by atoms with Crippen LogP contribution in [0, 0.1) is 11.3 Å². The maximum absolute atomic E-state index is 11.9. The van der Waals surface area contributed by atoms with Crippen LogP contribution in [0.15, 0.2) is 0 Å². The first-order valence-corrected chi connectivity index (χ1v) is 5.32. The molecule has 2 heteroatoms. The largest absolute Gasteiger partial charge is 0.342 e. The number of carbonyl (C=O) groups excluding carboxylic acids is 1. The monoisotopic (exact) mass is 181 g/mol. The van der Waals surface area contributed by atoms with Gasteiger partial charge in [0.1, 0.15) is 0 Å². The Bertz CT molecular complexity index is 234. The van der Waals surface area contributed by atoms with Crippen molar-refractivity contribution in [3.05, 3.63) is 0 Å². The van der Waals surface area contributed by atoms with Crippen LogP contribution < -0.4 is 0 Å². The molecule has 0 bridgehead atoms. The number of carbonyl (C=O) groups is 1. The molecule has 0 N–H and O–H groups in total. The Labute approximate surface area is 80.3 Å². The third kappa shape index (κ3) is 1.11. The van der Waals surface area contributed by atoms with Crippen LogP contribution in [0.5, 0.6) is 0 Å². The number of nitrogens with zero attached hydrogens (tertiary/aromatic N) is 1. The first-order valence-electron chi connectivity index (χ1n) is 5.32. The van der Waals surface area contributed by atoms with Gasteiger partial charge in [-0.15, -0.1) is 0 Å². The van der Waals surface area contributed by atoms with Crippen LogP contribution in [0.3, 0.4) is 0 Å². The van der Waals surface area contributed by atoms with Crippen molar-refractivity contribution in [1.82, 2.24) is 4.90 Å². The van der Waals surface area contributed by atoms with Gasteiger partial charge in [-0.2, -0.15) is 0 Å². The van der Waals surface area contributed by atoms with Gasteiger partial charge < -0.3 is 4.90 Å². The molecule has 0 spiro atoms. The average molecular weight is 181 g/mol. The van der Waals surface area contributed by atoms with Crippen molar-refractivity contribution < 1.29 is 4.79 Å². The molecule has 2 unspecified atom stereocenters. The molecule has 0 radical (unpaired) electrons. The van der Waals surface area contributed by atoms with E-state index in [1.807, 2.05) is 11.9 Å². The summed E-state index contributed by atoms with van der Waals surface area (Å²) in [5.74, 6) is 0.961. The highest BCUT2D eigenvalue weighted by molar-refractivity contribution is 5.85. The molecule has 1 saturated heterocycles. The van der Waals surface area contributed by atoms with E-state index in [4.69, 9.17) is 0 Å². The van der Waals surface area contributed by atoms with Crippen LogP contribution in [-0.2, 0) is 4.79 Å². The molecule has 2 aliphatic rings. The summed E-state index contributed by atoms with van der Waals surface area (Å²) < 4.78 is 0. The lowest BCUT2D eigenvalue weighted by Gasteiger charge is -2.32. The maximum atomic E-state index is 11.9. The molecule has 2 atom stereocenters. The smallest absolute Gasteiger partial charge is 0.228 e. The number of amides is 1. The SMILES string of the molecule is CN1C(=O)C(C)(C)C2CCCCC21. The third-order valence-electron chi connectivity index (χ3n) is 4.03. The highest BCUT2D eigenvalue weighted by Crippen LogP contribution is 2.47. The van der Waals surface area contributed by atoms with E-state index < -0.39 is 0 Å². The van der Waals surface area contributed by atoms with Crippen molar-refractivity contribution in [2.75, 3.05) is 7.05 Å². The van der Waals surface area contributed by atoms with Crippen molar-refractivity contribution in [2.45, 2.75) is 45.6 Å². The molecule has 1 aliphatic carbocycles. The fourth-order valence-electron chi connectivity index (χ4n) is 3.18. The van der Waals surface area contributed by atoms with Crippen molar-refractivity contribution in [3.8, 4) is 0 Å². The summed E-state index contributed by atoms with van der Waals surface area (Å²) >= 11 is 0. The summed E-state index contributed by atoms with van der Waals surface area (Å²) in [4.78, 5) is 13.9. The standard InChI is InChI=1S/C11H19NO/c1-11(2)8-6-4-5-7-9(8)12(3)10(11)13/h8-9H,4-7H2,1-3H3. The van der Waals surface area contributed by atoms with Crippen LogP contribution in [0.2, 0.25) is 0 Å². The number of hydrogen-bond acceptors (Lipinski definition) is 1. The minimum atomic E-state index is -0.0974. The van der Waals surface area contributed by atoms with Crippen molar-refractivity contribution in [1.29, 1.82) is 0 Å². The summed E-state index contributed by atoms with van der Waals surface area (Å²) in [6, 6.07) is 0.538. The number of rotatable bonds is 0. The first-order chi connectivity index (χ1) is 6.05. The number of fused-ring (bicyclic) bond motifs is 1. The summed E-state index contributed by atoms with van der Waals surface area (Å²) in [6.07, 6.45) is 5.07. The fourth-order valence-corrected chi connectivity index (χ4v) is 3.18. The van der Waals surface area contributed by atoms with E-state index in [2.05, 4.69) is 13.8 Å². The van der Waals surface area contributed by atoms with Crippen molar-refractivity contribution >= 4 is 5.91 Å². The van der Waals surface area contributed by atoms with Crippen LogP contribution >= 0.6 is 0 Å². The van der Waals surface area contributed by atoms with Crippen LogP contribution in [-0.4, -0.2) is 23.9 Å². The Hall–Kier alpha value is -0.530. The molecule has 0 aromatic rings. The fraction of sp³-hybridized carbons (Fsp3) is 0.909. The van der Waals surface area contributed by atoms with Gasteiger partial charge in [-0.05, 0) is 18.8 Å². The zero-order chi connectivity index (χ0) is 9.64. The van der Waals surface area contributed by atoms with E-state index >= 15 is 0 Å². The number of hydrogen-bond donors (Lipinski definition) is 0. The Morgan fingerprint density at radius 3 is 2.54 bits per heavy atom. The maximum Gasteiger partial charge on any atom is 0.228 e. The van der Waals surface area contributed by atoms with Gasteiger partial charge in [-0.1, -0.05) is 26.7 Å². The third-order valence-corrected chi connectivity index (χ3v) is 4.03. The minimum absolute atomic E-state index is 0.0974. The molecule has 1 aliphatic heterocycles. The quantitative estimate of drug-likeness (QED) is 0.560. The van der Waals surface area contributed by atoms with Gasteiger partial charge >= 0.3 is 0 Å². The molecule has 13 heavy (non-hydrogen) atoms. The van der Waals surface area contributed by atoms with Gasteiger partial charge in [0.2, 0.25) is 5.91 Å². The molecule has 2 nitrogen and oxygen atoms in total. The highest BCUT2D eigenvalue weighted by Gasteiger charge is 2.52. The Balaban J connectivity index is 2.29. The molecular weight excluding hydrogens is 162 g/mol. The van der Waals surface area contributed by atoms with E-state index in [9.17, 15) is 4.79 Å². The summed E-state index contributed by atoms with van der Waals surface area (Å²) in [7, 11) is 1.97. The summed E-state index contributed by atoms with van der Waals surface area (Å²) in [6.45, 7) is 4.23. The predicted octanol–water partition coefficient (Wildman–Crippen LogP) is 2.04. The molecule has 0 aromatic heterocycles. The summed E-state index contributed by atoms with van der Waals surface area (Å²) in [5, 5.41) is 0. The molecule has 0 aromatic carbocycles. The average Bonchev–Trinajstić information content (AvgIpc) is 2.30. The van der Waals surface area contributed by atoms with Crippen molar-refractivity contribution in [2.24, 2.45) is 11.3 Å². The molecule has 2 rings (SSSR count). The van der Waals surface area contributed by atoms with Gasteiger partial charge in [0.05, 0.1) is 0 Å². The van der Waals surface area contributed by atoms with Crippen LogP contribution in [0.1, 0.15) is 39.5 Å². The molecule has 74 valence electrons. The Morgan fingerprint density at radius 1 is 1.31 bits per heavy atom. The van der Waals surface area contributed by atoms with E-state index in [0.29, 0.717) is 17.9 Å². The van der Waals surface area contributed by atoms with Gasteiger partial charge in [-0.25, -0.2) is 0 Å².